The predicted molar refractivity (Wildman–Crippen MR) is 75.0 cm³/mol. The maximum absolute atomic E-state index is 11.2. The van der Waals surface area contributed by atoms with Crippen molar-refractivity contribution >= 4 is 23.6 Å². The maximum Gasteiger partial charge on any atom is 0.320 e. The Morgan fingerprint density at radius 1 is 1.56 bits per heavy atom. The molecule has 0 saturated heterocycles. The summed E-state index contributed by atoms with van der Waals surface area (Å²) in [4.78, 5) is 19.3. The molecule has 0 bridgehead atoms. The van der Waals surface area contributed by atoms with E-state index < -0.39 is 0 Å². The number of anilines is 1. The Morgan fingerprint density at radius 3 is 2.94 bits per heavy atom. The van der Waals surface area contributed by atoms with Crippen LogP contribution >= 0.6 is 0 Å². The number of carbonyl (C=O) groups excluding carboxylic acids is 1. The summed E-state index contributed by atoms with van der Waals surface area (Å²) >= 11 is 0. The molecule has 0 spiro atoms. The molecule has 2 N–H and O–H groups in total. The van der Waals surface area contributed by atoms with E-state index in [2.05, 4.69) is 33.6 Å². The van der Waals surface area contributed by atoms with Crippen molar-refractivity contribution in [2.75, 3.05) is 19.4 Å². The highest BCUT2D eigenvalue weighted by molar-refractivity contribution is 6.10. The summed E-state index contributed by atoms with van der Waals surface area (Å²) in [6.45, 7) is 2.06. The summed E-state index contributed by atoms with van der Waals surface area (Å²) in [5.41, 5.74) is 1.99. The van der Waals surface area contributed by atoms with Crippen LogP contribution < -0.4 is 10.6 Å². The van der Waals surface area contributed by atoms with Gasteiger partial charge in [0.25, 0.3) is 0 Å². The van der Waals surface area contributed by atoms with E-state index in [1.165, 1.54) is 0 Å². The third kappa shape index (κ3) is 4.01. The molecule has 0 fully saturated rings. The molecule has 1 heterocycles. The van der Waals surface area contributed by atoms with E-state index >= 15 is 0 Å². The van der Waals surface area contributed by atoms with Crippen molar-refractivity contribution < 1.29 is 4.79 Å². The highest BCUT2D eigenvalue weighted by Gasteiger charge is 2.03. The molecular weight excluding hydrogens is 228 g/mol. The maximum atomic E-state index is 11.2. The monoisotopic (exact) mass is 246 g/mol. The van der Waals surface area contributed by atoms with Gasteiger partial charge in [-0.25, -0.2) is 9.78 Å². The summed E-state index contributed by atoms with van der Waals surface area (Å²) in [5.74, 6) is 0.512. The number of nitrogens with zero attached hydrogens (tertiary/aromatic N) is 2. The summed E-state index contributed by atoms with van der Waals surface area (Å²) in [7, 11) is 3.29. The van der Waals surface area contributed by atoms with Gasteiger partial charge < -0.3 is 5.32 Å². The van der Waals surface area contributed by atoms with Crippen molar-refractivity contribution in [3.05, 3.63) is 30.0 Å². The van der Waals surface area contributed by atoms with Crippen LogP contribution in [0.4, 0.5) is 10.6 Å². The summed E-state index contributed by atoms with van der Waals surface area (Å²) in [6, 6.07) is 3.42. The van der Waals surface area contributed by atoms with Gasteiger partial charge in [-0.2, -0.15) is 0 Å². The molecule has 0 unspecified atom stereocenters. The summed E-state index contributed by atoms with van der Waals surface area (Å²) in [6.07, 6.45) is 6.45. The number of aromatic nitrogens is 1. The molecule has 0 aliphatic heterocycles. The van der Waals surface area contributed by atoms with Gasteiger partial charge in [-0.05, 0) is 29.7 Å². The lowest BCUT2D eigenvalue weighted by Gasteiger charge is -2.06. The molecule has 0 aliphatic rings. The van der Waals surface area contributed by atoms with Crippen LogP contribution in [0.5, 0.6) is 0 Å². The molecule has 1 rings (SSSR count). The molecule has 0 aliphatic carbocycles. The molecule has 0 aromatic carbocycles. The first-order valence-corrected chi connectivity index (χ1v) is 5.78. The molecular formula is C13H18N4O. The van der Waals surface area contributed by atoms with Gasteiger partial charge in [-0.15, -0.1) is 0 Å². The van der Waals surface area contributed by atoms with Gasteiger partial charge in [-0.3, -0.25) is 10.3 Å². The highest BCUT2D eigenvalue weighted by atomic mass is 16.2. The second kappa shape index (κ2) is 7.21. The average molecular weight is 246 g/mol. The van der Waals surface area contributed by atoms with Crippen molar-refractivity contribution in [1.82, 2.24) is 10.3 Å². The third-order valence-electron chi connectivity index (χ3n) is 2.25. The molecule has 0 saturated carbocycles. The Labute approximate surface area is 107 Å². The van der Waals surface area contributed by atoms with Crippen molar-refractivity contribution in [2.24, 2.45) is 4.99 Å². The zero-order valence-electron chi connectivity index (χ0n) is 10.9. The second-order valence-corrected chi connectivity index (χ2v) is 3.59. The number of pyridine rings is 1. The van der Waals surface area contributed by atoms with Crippen molar-refractivity contribution in [2.45, 2.75) is 13.3 Å². The van der Waals surface area contributed by atoms with E-state index in [0.717, 1.165) is 17.6 Å². The van der Waals surface area contributed by atoms with E-state index in [0.29, 0.717) is 5.82 Å². The quantitative estimate of drug-likeness (QED) is 0.801. The fraction of sp³-hybridized carbons (Fsp3) is 0.308. The minimum absolute atomic E-state index is 0.287. The van der Waals surface area contributed by atoms with Crippen LogP contribution in [0.25, 0.3) is 5.57 Å². The first-order valence-electron chi connectivity index (χ1n) is 5.78. The Hall–Kier alpha value is -2.17. The van der Waals surface area contributed by atoms with E-state index in [4.69, 9.17) is 0 Å². The number of aliphatic imine (C=N–C) groups is 1. The molecule has 5 heteroatoms. The minimum atomic E-state index is -0.287. The zero-order valence-corrected chi connectivity index (χ0v) is 10.9. The molecule has 1 aromatic heterocycles. The predicted octanol–water partition coefficient (Wildman–Crippen LogP) is 2.33. The van der Waals surface area contributed by atoms with Crippen LogP contribution in [0, 0.1) is 0 Å². The van der Waals surface area contributed by atoms with Crippen molar-refractivity contribution in [3.63, 3.8) is 0 Å². The van der Waals surface area contributed by atoms with Gasteiger partial charge in [0.1, 0.15) is 5.82 Å². The number of rotatable bonds is 4. The van der Waals surface area contributed by atoms with Gasteiger partial charge in [0.05, 0.1) is 0 Å². The molecule has 5 nitrogen and oxygen atoms in total. The van der Waals surface area contributed by atoms with Crippen LogP contribution in [0.1, 0.15) is 18.9 Å². The Balaban J connectivity index is 2.99. The zero-order chi connectivity index (χ0) is 13.4. The van der Waals surface area contributed by atoms with E-state index in [1.54, 1.807) is 26.5 Å². The number of hydrogen-bond acceptors (Lipinski definition) is 3. The molecule has 96 valence electrons. The molecule has 18 heavy (non-hydrogen) atoms. The van der Waals surface area contributed by atoms with Crippen LogP contribution in [0.3, 0.4) is 0 Å². The first-order chi connectivity index (χ1) is 8.71. The van der Waals surface area contributed by atoms with Gasteiger partial charge in [0, 0.05) is 26.5 Å². The number of carbonyl (C=O) groups is 1. The van der Waals surface area contributed by atoms with Crippen LogP contribution in [-0.2, 0) is 0 Å². The lowest BCUT2D eigenvalue weighted by atomic mass is 10.1. The lowest BCUT2D eigenvalue weighted by molar-refractivity contribution is 0.254. The topological polar surface area (TPSA) is 66.4 Å². The first kappa shape index (κ1) is 13.9. The molecule has 1 aromatic rings. The molecule has 2 amide bonds. The number of amides is 2. The van der Waals surface area contributed by atoms with Crippen molar-refractivity contribution in [3.8, 4) is 0 Å². The Kier molecular flexibility index (Phi) is 5.57. The standard InChI is InChI=1S/C13H18N4O/c1-4-5-11(9-14-2)10-6-7-16-12(8-10)17-13(18)15-3/h5-9H,4H2,1-3H3,(H2,15,16,17,18)/b11-5+,14-9?. The third-order valence-corrected chi connectivity index (χ3v) is 2.25. The number of allylic oxidation sites excluding steroid dienone is 2. The van der Waals surface area contributed by atoms with E-state index in [9.17, 15) is 4.79 Å². The lowest BCUT2D eigenvalue weighted by Crippen LogP contribution is -2.24. The SMILES string of the molecule is CC/C=C(\C=NC)c1ccnc(NC(=O)NC)c1. The van der Waals surface area contributed by atoms with Gasteiger partial charge >= 0.3 is 6.03 Å². The number of urea groups is 1. The number of hydrogen-bond donors (Lipinski definition) is 2. The van der Waals surface area contributed by atoms with Crippen molar-refractivity contribution in [1.29, 1.82) is 0 Å². The van der Waals surface area contributed by atoms with Crippen LogP contribution in [-0.4, -0.2) is 31.3 Å². The largest absolute Gasteiger partial charge is 0.341 e. The highest BCUT2D eigenvalue weighted by Crippen LogP contribution is 2.16. The fourth-order valence-electron chi connectivity index (χ4n) is 1.46. The summed E-state index contributed by atoms with van der Waals surface area (Å²) < 4.78 is 0. The van der Waals surface area contributed by atoms with Gasteiger partial charge in [0.2, 0.25) is 0 Å². The number of nitrogens with one attached hydrogen (secondary N) is 2. The molecule has 0 atom stereocenters. The van der Waals surface area contributed by atoms with Gasteiger partial charge in [0.15, 0.2) is 0 Å². The van der Waals surface area contributed by atoms with Crippen LogP contribution in [0.15, 0.2) is 29.4 Å². The summed E-state index contributed by atoms with van der Waals surface area (Å²) in [5, 5.41) is 5.12. The fourth-order valence-corrected chi connectivity index (χ4v) is 1.46. The second-order valence-electron chi connectivity index (χ2n) is 3.59. The van der Waals surface area contributed by atoms with E-state index in [1.807, 2.05) is 12.1 Å². The van der Waals surface area contributed by atoms with Gasteiger partial charge in [-0.1, -0.05) is 13.0 Å². The Bertz CT molecular complexity index is 466. The smallest absolute Gasteiger partial charge is 0.320 e. The van der Waals surface area contributed by atoms with Crippen LogP contribution in [0.2, 0.25) is 0 Å². The molecule has 0 radical (unpaired) electrons. The normalized spacial score (nSPS) is 11.6. The van der Waals surface area contributed by atoms with E-state index in [-0.39, 0.29) is 6.03 Å². The average Bonchev–Trinajstić information content (AvgIpc) is 2.38. The Morgan fingerprint density at radius 2 is 2.33 bits per heavy atom. The minimum Gasteiger partial charge on any atom is -0.341 e.